The number of carbonyl (C=O) groups is 2. The zero-order valence-corrected chi connectivity index (χ0v) is 17.5. The second-order valence-electron chi connectivity index (χ2n) is 7.68. The van der Waals surface area contributed by atoms with Crippen LogP contribution in [-0.4, -0.2) is 31.6 Å². The molecule has 0 spiro atoms. The zero-order chi connectivity index (χ0) is 19.8. The van der Waals surface area contributed by atoms with E-state index >= 15 is 0 Å². The molecule has 0 unspecified atom stereocenters. The Kier molecular flexibility index (Phi) is 8.71. The third-order valence-electron chi connectivity index (χ3n) is 4.94. The molecular formula is C20H29Cl2N3O2. The van der Waals surface area contributed by atoms with E-state index in [2.05, 4.69) is 29.8 Å². The summed E-state index contributed by atoms with van der Waals surface area (Å²) in [4.78, 5) is 24.0. The highest BCUT2D eigenvalue weighted by molar-refractivity contribution is 6.43. The second kappa shape index (κ2) is 10.8. The molecule has 0 aromatic heterocycles. The molecule has 0 atom stereocenters. The minimum absolute atomic E-state index is 0.0866. The number of hydrogen-bond donors (Lipinski definition) is 3. The fraction of sp³-hybridized carbons (Fsp3) is 0.600. The lowest BCUT2D eigenvalue weighted by molar-refractivity contribution is 0.0941. The van der Waals surface area contributed by atoms with Gasteiger partial charge in [-0.1, -0.05) is 43.1 Å². The number of urea groups is 1. The lowest BCUT2D eigenvalue weighted by Gasteiger charge is -2.28. The van der Waals surface area contributed by atoms with E-state index in [-0.39, 0.29) is 11.9 Å². The predicted octanol–water partition coefficient (Wildman–Crippen LogP) is 4.48. The van der Waals surface area contributed by atoms with Crippen molar-refractivity contribution in [2.24, 2.45) is 17.8 Å². The number of halogens is 2. The first kappa shape index (κ1) is 21.8. The summed E-state index contributed by atoms with van der Waals surface area (Å²) in [7, 11) is 0. The van der Waals surface area contributed by atoms with Crippen molar-refractivity contribution in [2.75, 3.05) is 19.6 Å². The average molecular weight is 414 g/mol. The topological polar surface area (TPSA) is 70.2 Å². The van der Waals surface area contributed by atoms with Gasteiger partial charge in [0.1, 0.15) is 0 Å². The lowest BCUT2D eigenvalue weighted by Crippen LogP contribution is -2.40. The van der Waals surface area contributed by atoms with Gasteiger partial charge in [-0.15, -0.1) is 0 Å². The molecule has 1 aromatic rings. The molecule has 3 N–H and O–H groups in total. The molecule has 3 amide bonds. The summed E-state index contributed by atoms with van der Waals surface area (Å²) in [5.74, 6) is 1.22. The summed E-state index contributed by atoms with van der Waals surface area (Å²) in [6.07, 6.45) is 4.21. The molecule has 0 heterocycles. The molecule has 27 heavy (non-hydrogen) atoms. The molecule has 1 aromatic carbocycles. The van der Waals surface area contributed by atoms with Crippen LogP contribution in [0.2, 0.25) is 10.0 Å². The highest BCUT2D eigenvalue weighted by atomic mass is 35.5. The van der Waals surface area contributed by atoms with Gasteiger partial charge in [0.25, 0.3) is 5.91 Å². The highest BCUT2D eigenvalue weighted by Crippen LogP contribution is 2.28. The van der Waals surface area contributed by atoms with E-state index in [9.17, 15) is 9.59 Å². The summed E-state index contributed by atoms with van der Waals surface area (Å²) in [5.41, 5.74) is 0.412. The monoisotopic (exact) mass is 413 g/mol. The molecule has 7 heteroatoms. The van der Waals surface area contributed by atoms with Crippen molar-refractivity contribution in [1.29, 1.82) is 0 Å². The maximum atomic E-state index is 12.3. The number of rotatable bonds is 7. The van der Waals surface area contributed by atoms with E-state index in [1.54, 1.807) is 18.2 Å². The molecule has 1 fully saturated rings. The first-order valence-electron chi connectivity index (χ1n) is 9.60. The normalized spacial score (nSPS) is 19.6. The number of carbonyl (C=O) groups excluding carboxylic acids is 2. The highest BCUT2D eigenvalue weighted by Gasteiger charge is 2.22. The smallest absolute Gasteiger partial charge is 0.314 e. The number of nitrogens with one attached hydrogen (secondary N) is 3. The van der Waals surface area contributed by atoms with Crippen molar-refractivity contribution in [3.05, 3.63) is 33.8 Å². The fourth-order valence-electron chi connectivity index (χ4n) is 3.25. The Morgan fingerprint density at radius 2 is 1.59 bits per heavy atom. The summed E-state index contributed by atoms with van der Waals surface area (Å²) in [6.45, 7) is 6.17. The van der Waals surface area contributed by atoms with Crippen molar-refractivity contribution in [3.8, 4) is 0 Å². The second-order valence-corrected chi connectivity index (χ2v) is 8.47. The van der Waals surface area contributed by atoms with Crippen molar-refractivity contribution in [1.82, 2.24) is 16.0 Å². The summed E-state index contributed by atoms with van der Waals surface area (Å²) in [6, 6.07) is 4.98. The molecule has 1 aliphatic carbocycles. The molecule has 1 aliphatic rings. The largest absolute Gasteiger partial charge is 0.352 e. The van der Waals surface area contributed by atoms with Gasteiger partial charge in [0, 0.05) is 19.6 Å². The van der Waals surface area contributed by atoms with Crippen LogP contribution in [0.4, 0.5) is 4.79 Å². The van der Waals surface area contributed by atoms with Gasteiger partial charge in [0.15, 0.2) is 0 Å². The van der Waals surface area contributed by atoms with Gasteiger partial charge in [0.05, 0.1) is 15.6 Å². The van der Waals surface area contributed by atoms with E-state index in [0.29, 0.717) is 53.0 Å². The van der Waals surface area contributed by atoms with Crippen LogP contribution in [0.1, 0.15) is 49.9 Å². The molecule has 2 rings (SSSR count). The van der Waals surface area contributed by atoms with Gasteiger partial charge in [0.2, 0.25) is 0 Å². The molecule has 0 aliphatic heterocycles. The van der Waals surface area contributed by atoms with Crippen LogP contribution in [0.15, 0.2) is 18.2 Å². The van der Waals surface area contributed by atoms with Crippen LogP contribution < -0.4 is 16.0 Å². The van der Waals surface area contributed by atoms with Crippen LogP contribution >= 0.6 is 23.2 Å². The predicted molar refractivity (Wildman–Crippen MR) is 110 cm³/mol. The van der Waals surface area contributed by atoms with Gasteiger partial charge in [-0.05, 0) is 55.6 Å². The maximum absolute atomic E-state index is 12.3. The first-order valence-corrected chi connectivity index (χ1v) is 10.4. The molecular weight excluding hydrogens is 385 g/mol. The van der Waals surface area contributed by atoms with Crippen LogP contribution in [0, 0.1) is 17.8 Å². The Hall–Kier alpha value is -1.46. The van der Waals surface area contributed by atoms with Crippen molar-refractivity contribution in [3.63, 3.8) is 0 Å². The Morgan fingerprint density at radius 1 is 1.00 bits per heavy atom. The van der Waals surface area contributed by atoms with Gasteiger partial charge >= 0.3 is 6.03 Å². The molecule has 0 bridgehead atoms. The Labute approximate surface area is 171 Å². The van der Waals surface area contributed by atoms with E-state index in [1.807, 2.05) is 0 Å². The van der Waals surface area contributed by atoms with Crippen LogP contribution in [0.3, 0.4) is 0 Å². The quantitative estimate of drug-likeness (QED) is 0.616. The third kappa shape index (κ3) is 7.23. The van der Waals surface area contributed by atoms with E-state index in [0.717, 1.165) is 25.7 Å². The van der Waals surface area contributed by atoms with Crippen molar-refractivity contribution in [2.45, 2.75) is 39.5 Å². The molecule has 5 nitrogen and oxygen atoms in total. The lowest BCUT2D eigenvalue weighted by atomic mass is 9.82. The minimum atomic E-state index is -0.187. The van der Waals surface area contributed by atoms with Crippen LogP contribution in [-0.2, 0) is 0 Å². The van der Waals surface area contributed by atoms with Crippen molar-refractivity contribution >= 4 is 35.1 Å². The Bertz CT molecular complexity index is 644. The zero-order valence-electron chi connectivity index (χ0n) is 16.0. The van der Waals surface area contributed by atoms with E-state index < -0.39 is 0 Å². The van der Waals surface area contributed by atoms with Crippen molar-refractivity contribution < 1.29 is 9.59 Å². The number of amides is 3. The fourth-order valence-corrected chi connectivity index (χ4v) is 3.63. The molecule has 150 valence electrons. The van der Waals surface area contributed by atoms with Gasteiger partial charge in [-0.2, -0.15) is 0 Å². The van der Waals surface area contributed by atoms with Gasteiger partial charge < -0.3 is 16.0 Å². The molecule has 0 radical (unpaired) electrons. The SMILES string of the molecule is CC(C)CNC(=O)NCC1CCC(CNC(=O)c2cccc(Cl)c2Cl)CC1. The summed E-state index contributed by atoms with van der Waals surface area (Å²) >= 11 is 12.1. The summed E-state index contributed by atoms with van der Waals surface area (Å²) in [5, 5.41) is 9.47. The van der Waals surface area contributed by atoms with Gasteiger partial charge in [-0.25, -0.2) is 4.79 Å². The number of benzene rings is 1. The molecule has 0 saturated heterocycles. The molecule has 1 saturated carbocycles. The Morgan fingerprint density at radius 3 is 2.19 bits per heavy atom. The average Bonchev–Trinajstić information content (AvgIpc) is 2.65. The standard InChI is InChI=1S/C20H29Cl2N3O2/c1-13(2)10-24-20(27)25-12-15-8-6-14(7-9-15)11-23-19(26)16-4-3-5-17(21)18(16)22/h3-5,13-15H,6-12H2,1-2H3,(H,23,26)(H2,24,25,27). The maximum Gasteiger partial charge on any atom is 0.314 e. The van der Waals surface area contributed by atoms with Gasteiger partial charge in [-0.3, -0.25) is 4.79 Å². The van der Waals surface area contributed by atoms with E-state index in [4.69, 9.17) is 23.2 Å². The minimum Gasteiger partial charge on any atom is -0.352 e. The third-order valence-corrected chi connectivity index (χ3v) is 5.75. The van der Waals surface area contributed by atoms with Crippen LogP contribution in [0.5, 0.6) is 0 Å². The number of hydrogen-bond acceptors (Lipinski definition) is 2. The summed E-state index contributed by atoms with van der Waals surface area (Å²) < 4.78 is 0. The van der Waals surface area contributed by atoms with Crippen LogP contribution in [0.25, 0.3) is 0 Å². The van der Waals surface area contributed by atoms with E-state index in [1.165, 1.54) is 0 Å². The Balaban J connectivity index is 1.66. The first-order chi connectivity index (χ1) is 12.9.